The van der Waals surface area contributed by atoms with Gasteiger partial charge in [0, 0.05) is 37.4 Å². The molecule has 0 amide bonds. The molecule has 6 nitrogen and oxygen atoms in total. The zero-order chi connectivity index (χ0) is 27.8. The highest BCUT2D eigenvalue weighted by molar-refractivity contribution is 6.74. The van der Waals surface area contributed by atoms with Crippen molar-refractivity contribution in [1.29, 1.82) is 0 Å². The van der Waals surface area contributed by atoms with Gasteiger partial charge in [-0.05, 0) is 44.3 Å². The highest BCUT2D eigenvalue weighted by Crippen LogP contribution is 2.41. The molecule has 0 bridgehead atoms. The molecule has 7 heteroatoms. The third kappa shape index (κ3) is 9.79. The standard InChI is InChI=1S/C29H58O6Si/c1-19(14-20(2)26(22(4)16-30)33-18-31-11)15-21(3)28(35-36(12,13)29(8,9)10)24(6)27-23(5)17-32-25(7)34-27/h14,20-28,30H,15-18H2,1-13H3/b19-14-/t20-,21-,22-,23-,24+,25-,26+,27-,28+/m0/s1. The predicted molar refractivity (Wildman–Crippen MR) is 150 cm³/mol. The first-order valence-electron chi connectivity index (χ1n) is 13.9. The minimum absolute atomic E-state index is 0.0282. The molecule has 0 aromatic rings. The van der Waals surface area contributed by atoms with Crippen LogP contribution in [0, 0.1) is 29.6 Å². The van der Waals surface area contributed by atoms with Gasteiger partial charge in [-0.25, -0.2) is 0 Å². The molecule has 1 fully saturated rings. The van der Waals surface area contributed by atoms with Gasteiger partial charge in [-0.3, -0.25) is 0 Å². The Bertz CT molecular complexity index is 661. The van der Waals surface area contributed by atoms with Crippen LogP contribution in [0.5, 0.6) is 0 Å². The van der Waals surface area contributed by atoms with Crippen LogP contribution in [0.25, 0.3) is 0 Å². The maximum Gasteiger partial charge on any atom is 0.192 e. The third-order valence-electron chi connectivity index (χ3n) is 8.27. The fourth-order valence-corrected chi connectivity index (χ4v) is 6.67. The van der Waals surface area contributed by atoms with Gasteiger partial charge in [0.15, 0.2) is 14.6 Å². The Kier molecular flexibility index (Phi) is 13.8. The maximum atomic E-state index is 9.73. The number of hydrogen-bond donors (Lipinski definition) is 1. The number of methoxy groups -OCH3 is 1. The lowest BCUT2D eigenvalue weighted by Gasteiger charge is -2.46. The van der Waals surface area contributed by atoms with Crippen molar-refractivity contribution in [2.75, 3.05) is 27.1 Å². The van der Waals surface area contributed by atoms with Crippen LogP contribution in [0.4, 0.5) is 0 Å². The molecule has 1 rings (SSSR count). The summed E-state index contributed by atoms with van der Waals surface area (Å²) in [7, 11) is -0.373. The summed E-state index contributed by atoms with van der Waals surface area (Å²) in [5.74, 6) is 1.07. The van der Waals surface area contributed by atoms with E-state index in [2.05, 4.69) is 74.6 Å². The molecule has 1 aliphatic rings. The number of allylic oxidation sites excluding steroid dienone is 1. The van der Waals surface area contributed by atoms with E-state index in [9.17, 15) is 5.11 Å². The number of ether oxygens (including phenoxy) is 4. The summed E-state index contributed by atoms with van der Waals surface area (Å²) in [6.45, 7) is 27.8. The minimum atomic E-state index is -2.00. The SMILES string of the molecule is COCO[C@H]([C@@H](C)/C=C(/C)C[C@H](C)[C@@H](O[Si](C)(C)C(C)(C)C)[C@H](C)[C@H]1O[C@@H](C)OC[C@@H]1C)[C@@H](C)CO. The predicted octanol–water partition coefficient (Wildman–Crippen LogP) is 6.64. The Morgan fingerprint density at radius 3 is 2.22 bits per heavy atom. The van der Waals surface area contributed by atoms with E-state index in [0.29, 0.717) is 11.8 Å². The Balaban J connectivity index is 3.16. The fraction of sp³-hybridized carbons (Fsp3) is 0.931. The van der Waals surface area contributed by atoms with Crippen molar-refractivity contribution < 1.29 is 28.5 Å². The van der Waals surface area contributed by atoms with Crippen molar-refractivity contribution in [1.82, 2.24) is 0 Å². The number of rotatable bonds is 14. The Hall–Kier alpha value is -0.283. The molecule has 9 atom stereocenters. The van der Waals surface area contributed by atoms with E-state index in [0.717, 1.165) is 13.0 Å². The molecule has 0 saturated carbocycles. The summed E-state index contributed by atoms with van der Waals surface area (Å²) in [6.07, 6.45) is 3.14. The van der Waals surface area contributed by atoms with Crippen LogP contribution in [0.3, 0.4) is 0 Å². The van der Waals surface area contributed by atoms with Crippen LogP contribution in [0.2, 0.25) is 18.1 Å². The van der Waals surface area contributed by atoms with Gasteiger partial charge in [-0.2, -0.15) is 0 Å². The maximum absolute atomic E-state index is 9.73. The average Bonchev–Trinajstić information content (AvgIpc) is 2.77. The Morgan fingerprint density at radius 1 is 1.08 bits per heavy atom. The quantitative estimate of drug-likeness (QED) is 0.154. The number of aliphatic hydroxyl groups is 1. The highest BCUT2D eigenvalue weighted by atomic mass is 28.4. The molecular formula is C29H58O6Si. The first kappa shape index (κ1) is 33.7. The number of aliphatic hydroxyl groups excluding tert-OH is 1. The summed E-state index contributed by atoms with van der Waals surface area (Å²) in [4.78, 5) is 0. The lowest BCUT2D eigenvalue weighted by Crippen LogP contribution is -2.52. The highest BCUT2D eigenvalue weighted by Gasteiger charge is 2.44. The van der Waals surface area contributed by atoms with E-state index in [-0.39, 0.29) is 60.8 Å². The van der Waals surface area contributed by atoms with Gasteiger partial charge in [0.25, 0.3) is 0 Å². The van der Waals surface area contributed by atoms with Gasteiger partial charge in [0.1, 0.15) is 6.79 Å². The number of hydrogen-bond acceptors (Lipinski definition) is 6. The van der Waals surface area contributed by atoms with Gasteiger partial charge in [0.2, 0.25) is 0 Å². The van der Waals surface area contributed by atoms with E-state index in [4.69, 9.17) is 23.4 Å². The van der Waals surface area contributed by atoms with Gasteiger partial charge in [-0.1, -0.05) is 67.0 Å². The zero-order valence-corrected chi connectivity index (χ0v) is 26.6. The second-order valence-corrected chi connectivity index (χ2v) is 17.7. The third-order valence-corrected chi connectivity index (χ3v) is 12.7. The van der Waals surface area contributed by atoms with Gasteiger partial charge >= 0.3 is 0 Å². The molecule has 0 unspecified atom stereocenters. The molecule has 0 spiro atoms. The summed E-state index contributed by atoms with van der Waals surface area (Å²) < 4.78 is 30.3. The molecule has 1 N–H and O–H groups in total. The molecular weight excluding hydrogens is 472 g/mol. The van der Waals surface area contributed by atoms with E-state index < -0.39 is 8.32 Å². The molecule has 0 aromatic heterocycles. The van der Waals surface area contributed by atoms with Crippen LogP contribution in [0.1, 0.15) is 75.7 Å². The summed E-state index contributed by atoms with van der Waals surface area (Å²) in [5.41, 5.74) is 1.32. The molecule has 214 valence electrons. The Morgan fingerprint density at radius 2 is 1.69 bits per heavy atom. The second-order valence-electron chi connectivity index (χ2n) is 12.9. The monoisotopic (exact) mass is 530 g/mol. The second kappa shape index (κ2) is 14.8. The average molecular weight is 531 g/mol. The van der Waals surface area contributed by atoms with Crippen LogP contribution in [-0.4, -0.2) is 65.1 Å². The summed E-state index contributed by atoms with van der Waals surface area (Å²) in [5, 5.41) is 9.86. The van der Waals surface area contributed by atoms with Crippen molar-refractivity contribution >= 4 is 8.32 Å². The molecule has 36 heavy (non-hydrogen) atoms. The van der Waals surface area contributed by atoms with Crippen LogP contribution >= 0.6 is 0 Å². The summed E-state index contributed by atoms with van der Waals surface area (Å²) in [6, 6.07) is 0. The van der Waals surface area contributed by atoms with Crippen LogP contribution < -0.4 is 0 Å². The molecule has 0 radical (unpaired) electrons. The first-order chi connectivity index (χ1) is 16.5. The normalized spacial score (nSPS) is 27.3. The van der Waals surface area contributed by atoms with E-state index in [1.54, 1.807) is 7.11 Å². The zero-order valence-electron chi connectivity index (χ0n) is 25.6. The topological polar surface area (TPSA) is 66.4 Å². The summed E-state index contributed by atoms with van der Waals surface area (Å²) >= 11 is 0. The van der Waals surface area contributed by atoms with Crippen molar-refractivity contribution in [2.45, 2.75) is 118 Å². The van der Waals surface area contributed by atoms with E-state index in [1.807, 2.05) is 13.8 Å². The largest absolute Gasteiger partial charge is 0.413 e. The fourth-order valence-electron chi connectivity index (χ4n) is 5.19. The van der Waals surface area contributed by atoms with Gasteiger partial charge in [-0.15, -0.1) is 0 Å². The van der Waals surface area contributed by atoms with Gasteiger partial charge < -0.3 is 28.5 Å². The molecule has 0 aromatic carbocycles. The molecule has 1 aliphatic heterocycles. The molecule has 1 heterocycles. The first-order valence-corrected chi connectivity index (χ1v) is 16.8. The lowest BCUT2D eigenvalue weighted by molar-refractivity contribution is -0.243. The molecule has 1 saturated heterocycles. The van der Waals surface area contributed by atoms with Crippen molar-refractivity contribution in [3.8, 4) is 0 Å². The van der Waals surface area contributed by atoms with Crippen molar-refractivity contribution in [2.24, 2.45) is 29.6 Å². The Labute approximate surface area is 223 Å². The van der Waals surface area contributed by atoms with E-state index >= 15 is 0 Å². The van der Waals surface area contributed by atoms with Crippen molar-refractivity contribution in [3.63, 3.8) is 0 Å². The lowest BCUT2D eigenvalue weighted by atomic mass is 9.81. The minimum Gasteiger partial charge on any atom is -0.413 e. The van der Waals surface area contributed by atoms with E-state index in [1.165, 1.54) is 5.57 Å². The smallest absolute Gasteiger partial charge is 0.192 e. The van der Waals surface area contributed by atoms with Crippen LogP contribution in [-0.2, 0) is 23.4 Å². The molecule has 0 aliphatic carbocycles. The van der Waals surface area contributed by atoms with Gasteiger partial charge in [0.05, 0.1) is 24.9 Å². The van der Waals surface area contributed by atoms with Crippen molar-refractivity contribution in [3.05, 3.63) is 11.6 Å². The van der Waals surface area contributed by atoms with Crippen LogP contribution in [0.15, 0.2) is 11.6 Å².